The smallest absolute Gasteiger partial charge is 0.0682 e. The summed E-state index contributed by atoms with van der Waals surface area (Å²) in [6, 6.07) is 0.641. The summed E-state index contributed by atoms with van der Waals surface area (Å²) in [7, 11) is 0. The minimum absolute atomic E-state index is 0.0738. The van der Waals surface area contributed by atoms with Gasteiger partial charge in [0.1, 0.15) is 0 Å². The van der Waals surface area contributed by atoms with Crippen molar-refractivity contribution < 1.29 is 5.11 Å². The van der Waals surface area contributed by atoms with Crippen LogP contribution in [0.4, 0.5) is 0 Å². The third kappa shape index (κ3) is 3.28. The van der Waals surface area contributed by atoms with Crippen molar-refractivity contribution in [1.82, 2.24) is 4.90 Å². The van der Waals surface area contributed by atoms with Gasteiger partial charge in [-0.3, -0.25) is 4.90 Å². The average molecular weight is 185 g/mol. The van der Waals surface area contributed by atoms with Crippen molar-refractivity contribution in [1.29, 1.82) is 0 Å². The Morgan fingerprint density at radius 3 is 2.69 bits per heavy atom. The number of hydrogen-bond donors (Lipinski definition) is 1. The monoisotopic (exact) mass is 185 g/mol. The Hall–Kier alpha value is -0.0800. The first-order valence-electron chi connectivity index (χ1n) is 5.55. The molecule has 1 aliphatic heterocycles. The van der Waals surface area contributed by atoms with Crippen LogP contribution in [0.5, 0.6) is 0 Å². The molecule has 0 aromatic rings. The zero-order chi connectivity index (χ0) is 9.84. The zero-order valence-corrected chi connectivity index (χ0v) is 9.16. The first kappa shape index (κ1) is 11.0. The number of hydrogen-bond acceptors (Lipinski definition) is 2. The normalized spacial score (nSPS) is 30.2. The Morgan fingerprint density at radius 1 is 1.46 bits per heavy atom. The maximum Gasteiger partial charge on any atom is 0.0682 e. The molecule has 0 saturated carbocycles. The highest BCUT2D eigenvalue weighted by Crippen LogP contribution is 2.22. The van der Waals surface area contributed by atoms with Gasteiger partial charge in [-0.05, 0) is 18.8 Å². The van der Waals surface area contributed by atoms with Gasteiger partial charge in [0, 0.05) is 19.1 Å². The molecule has 2 heteroatoms. The van der Waals surface area contributed by atoms with Gasteiger partial charge in [-0.2, -0.15) is 0 Å². The summed E-state index contributed by atoms with van der Waals surface area (Å²) in [6.45, 7) is 8.74. The second-order valence-corrected chi connectivity index (χ2v) is 4.68. The van der Waals surface area contributed by atoms with Gasteiger partial charge in [-0.25, -0.2) is 0 Å². The summed E-state index contributed by atoms with van der Waals surface area (Å²) in [5, 5.41) is 9.57. The molecule has 0 bridgehead atoms. The van der Waals surface area contributed by atoms with Crippen molar-refractivity contribution in [3.05, 3.63) is 0 Å². The van der Waals surface area contributed by atoms with Crippen molar-refractivity contribution >= 4 is 0 Å². The Balaban J connectivity index is 2.40. The van der Waals surface area contributed by atoms with Crippen LogP contribution < -0.4 is 0 Å². The van der Waals surface area contributed by atoms with Crippen molar-refractivity contribution in [2.75, 3.05) is 13.1 Å². The van der Waals surface area contributed by atoms with Crippen LogP contribution in [0.1, 0.15) is 40.0 Å². The van der Waals surface area contributed by atoms with Gasteiger partial charge in [0.15, 0.2) is 0 Å². The molecule has 13 heavy (non-hydrogen) atoms. The highest BCUT2D eigenvalue weighted by atomic mass is 16.3. The minimum atomic E-state index is -0.0738. The van der Waals surface area contributed by atoms with Crippen LogP contribution in [-0.2, 0) is 0 Å². The Labute approximate surface area is 81.9 Å². The summed E-state index contributed by atoms with van der Waals surface area (Å²) in [6.07, 6.45) is 3.38. The molecule has 0 aliphatic carbocycles. The third-order valence-corrected chi connectivity index (χ3v) is 2.73. The molecular weight excluding hydrogens is 162 g/mol. The summed E-state index contributed by atoms with van der Waals surface area (Å²) < 4.78 is 0. The predicted octanol–water partition coefficient (Wildman–Crippen LogP) is 1.88. The lowest BCUT2D eigenvalue weighted by atomic mass is 10.1. The molecule has 1 fully saturated rings. The molecule has 1 rings (SSSR count). The van der Waals surface area contributed by atoms with Crippen LogP contribution >= 0.6 is 0 Å². The van der Waals surface area contributed by atoms with Crippen molar-refractivity contribution in [3.63, 3.8) is 0 Å². The quantitative estimate of drug-likeness (QED) is 0.723. The number of aliphatic hydroxyl groups excluding tert-OH is 1. The standard InChI is InChI=1S/C11H23NO/c1-4-5-10-6-11(13)8-12(10)7-9(2)3/h9-11,13H,4-8H2,1-3H3/t10-,11+/m0/s1. The number of aliphatic hydroxyl groups is 1. The fourth-order valence-electron chi connectivity index (χ4n) is 2.28. The first-order chi connectivity index (χ1) is 6.13. The van der Waals surface area contributed by atoms with E-state index in [2.05, 4.69) is 25.7 Å². The molecule has 0 spiro atoms. The second-order valence-electron chi connectivity index (χ2n) is 4.68. The maximum absolute atomic E-state index is 9.57. The van der Waals surface area contributed by atoms with Crippen LogP contribution in [0.2, 0.25) is 0 Å². The lowest BCUT2D eigenvalue weighted by Gasteiger charge is -2.25. The third-order valence-electron chi connectivity index (χ3n) is 2.73. The molecule has 1 saturated heterocycles. The number of likely N-dealkylation sites (tertiary alicyclic amines) is 1. The molecule has 2 nitrogen and oxygen atoms in total. The zero-order valence-electron chi connectivity index (χ0n) is 9.16. The van der Waals surface area contributed by atoms with E-state index >= 15 is 0 Å². The van der Waals surface area contributed by atoms with Crippen LogP contribution in [-0.4, -0.2) is 35.2 Å². The van der Waals surface area contributed by atoms with E-state index < -0.39 is 0 Å². The SMILES string of the molecule is CCC[C@H]1C[C@@H](O)CN1CC(C)C. The predicted molar refractivity (Wildman–Crippen MR) is 55.7 cm³/mol. The molecule has 0 unspecified atom stereocenters. The lowest BCUT2D eigenvalue weighted by molar-refractivity contribution is 0.168. The van der Waals surface area contributed by atoms with Gasteiger partial charge in [0.2, 0.25) is 0 Å². The minimum Gasteiger partial charge on any atom is -0.392 e. The summed E-state index contributed by atoms with van der Waals surface area (Å²) in [5.74, 6) is 0.713. The van der Waals surface area contributed by atoms with E-state index in [-0.39, 0.29) is 6.10 Å². The Bertz CT molecular complexity index is 147. The number of rotatable bonds is 4. The van der Waals surface area contributed by atoms with Crippen LogP contribution in [0.15, 0.2) is 0 Å². The Kier molecular flexibility index (Phi) is 4.20. The van der Waals surface area contributed by atoms with Crippen LogP contribution in [0.3, 0.4) is 0 Å². The summed E-state index contributed by atoms with van der Waals surface area (Å²) in [4.78, 5) is 2.46. The fraction of sp³-hybridized carbons (Fsp3) is 1.00. The molecule has 0 aromatic heterocycles. The topological polar surface area (TPSA) is 23.5 Å². The van der Waals surface area contributed by atoms with Crippen molar-refractivity contribution in [2.45, 2.75) is 52.2 Å². The maximum atomic E-state index is 9.57. The van der Waals surface area contributed by atoms with Crippen molar-refractivity contribution in [2.24, 2.45) is 5.92 Å². The summed E-state index contributed by atoms with van der Waals surface area (Å²) >= 11 is 0. The highest BCUT2D eigenvalue weighted by Gasteiger charge is 2.29. The second kappa shape index (κ2) is 4.97. The van der Waals surface area contributed by atoms with Gasteiger partial charge < -0.3 is 5.11 Å². The molecule has 78 valence electrons. The van der Waals surface area contributed by atoms with Crippen LogP contribution in [0.25, 0.3) is 0 Å². The van der Waals surface area contributed by atoms with E-state index in [1.807, 2.05) is 0 Å². The van der Waals surface area contributed by atoms with E-state index in [0.717, 1.165) is 19.5 Å². The van der Waals surface area contributed by atoms with E-state index in [0.29, 0.717) is 12.0 Å². The molecule has 1 N–H and O–H groups in total. The molecule has 2 atom stereocenters. The van der Waals surface area contributed by atoms with Gasteiger partial charge in [0.25, 0.3) is 0 Å². The van der Waals surface area contributed by atoms with Gasteiger partial charge in [-0.1, -0.05) is 27.2 Å². The molecule has 0 amide bonds. The largest absolute Gasteiger partial charge is 0.392 e. The van der Waals surface area contributed by atoms with Crippen LogP contribution in [0, 0.1) is 5.92 Å². The van der Waals surface area contributed by atoms with Gasteiger partial charge in [0.05, 0.1) is 6.10 Å². The van der Waals surface area contributed by atoms with Gasteiger partial charge >= 0.3 is 0 Å². The van der Waals surface area contributed by atoms with Crippen molar-refractivity contribution in [3.8, 4) is 0 Å². The molecule has 0 aromatic carbocycles. The highest BCUT2D eigenvalue weighted by molar-refractivity contribution is 4.84. The summed E-state index contributed by atoms with van der Waals surface area (Å²) in [5.41, 5.74) is 0. The number of nitrogens with zero attached hydrogens (tertiary/aromatic N) is 1. The molecular formula is C11H23NO. The number of β-amino-alcohol motifs (C(OH)–C–C–N with tert-alkyl or cyclic N) is 1. The molecule has 0 radical (unpaired) electrons. The molecule has 1 heterocycles. The van der Waals surface area contributed by atoms with Gasteiger partial charge in [-0.15, -0.1) is 0 Å². The van der Waals surface area contributed by atoms with E-state index in [9.17, 15) is 5.11 Å². The first-order valence-corrected chi connectivity index (χ1v) is 5.55. The lowest BCUT2D eigenvalue weighted by Crippen LogP contribution is -2.33. The fourth-order valence-corrected chi connectivity index (χ4v) is 2.28. The Morgan fingerprint density at radius 2 is 2.15 bits per heavy atom. The van der Waals surface area contributed by atoms with E-state index in [1.165, 1.54) is 12.8 Å². The molecule has 1 aliphatic rings. The average Bonchev–Trinajstić information content (AvgIpc) is 2.31. The van der Waals surface area contributed by atoms with E-state index in [1.54, 1.807) is 0 Å². The van der Waals surface area contributed by atoms with E-state index in [4.69, 9.17) is 0 Å².